The molecule has 3 rings (SSSR count). The predicted octanol–water partition coefficient (Wildman–Crippen LogP) is 3.62. The first kappa shape index (κ1) is 21.0. The van der Waals surface area contributed by atoms with Gasteiger partial charge in [0.2, 0.25) is 5.91 Å². The number of nitrogens with one attached hydrogen (secondary N) is 1. The average Bonchev–Trinajstić information content (AvgIpc) is 2.70. The Bertz CT molecular complexity index is 1050. The average molecular weight is 418 g/mol. The molecule has 2 aromatic heterocycles. The number of benzene rings is 1. The van der Waals surface area contributed by atoms with Crippen molar-refractivity contribution in [3.8, 4) is 17.0 Å². The zero-order chi connectivity index (χ0) is 21.6. The molecule has 30 heavy (non-hydrogen) atoms. The van der Waals surface area contributed by atoms with E-state index in [1.54, 1.807) is 24.5 Å². The molecule has 156 valence electrons. The molecule has 0 radical (unpaired) electrons. The van der Waals surface area contributed by atoms with Crippen molar-refractivity contribution < 1.29 is 22.7 Å². The van der Waals surface area contributed by atoms with Gasteiger partial charge < -0.3 is 10.1 Å². The van der Waals surface area contributed by atoms with Gasteiger partial charge in [-0.2, -0.15) is 5.10 Å². The Morgan fingerprint density at radius 3 is 2.53 bits per heavy atom. The van der Waals surface area contributed by atoms with Gasteiger partial charge in [-0.25, -0.2) is 4.68 Å². The lowest BCUT2D eigenvalue weighted by Gasteiger charge is -2.10. The highest BCUT2D eigenvalue weighted by Gasteiger charge is 2.30. The topological polar surface area (TPSA) is 86.1 Å². The third-order valence-electron chi connectivity index (χ3n) is 3.97. The molecule has 0 bridgehead atoms. The van der Waals surface area contributed by atoms with Gasteiger partial charge in [-0.15, -0.1) is 13.2 Å². The van der Waals surface area contributed by atoms with Crippen molar-refractivity contribution in [1.29, 1.82) is 0 Å². The molecule has 0 aliphatic heterocycles. The summed E-state index contributed by atoms with van der Waals surface area (Å²) >= 11 is 0. The lowest BCUT2D eigenvalue weighted by molar-refractivity contribution is -0.274. The van der Waals surface area contributed by atoms with Gasteiger partial charge >= 0.3 is 6.36 Å². The number of aromatic nitrogens is 3. The van der Waals surface area contributed by atoms with E-state index in [0.29, 0.717) is 17.8 Å². The van der Waals surface area contributed by atoms with Crippen molar-refractivity contribution in [3.63, 3.8) is 0 Å². The molecule has 1 N–H and O–H groups in total. The zero-order valence-corrected chi connectivity index (χ0v) is 15.6. The monoisotopic (exact) mass is 418 g/mol. The maximum atomic E-state index is 12.2. The predicted molar refractivity (Wildman–Crippen MR) is 103 cm³/mol. The standard InChI is InChI=1S/C20H17F3N4O3/c21-20(22,23)30-16-7-5-15(6-8-16)25-18(28)4-2-12-27-19(29)10-9-17(26-27)14-3-1-11-24-13-14/h1,3,5-11,13H,2,4,12H2,(H,25,28). The number of pyridine rings is 1. The van der Waals surface area contributed by atoms with Crippen LogP contribution < -0.4 is 15.6 Å². The Kier molecular flexibility index (Phi) is 6.45. The normalized spacial score (nSPS) is 11.2. The van der Waals surface area contributed by atoms with Crippen LogP contribution in [0.25, 0.3) is 11.3 Å². The fourth-order valence-electron chi connectivity index (χ4n) is 2.63. The molecule has 0 saturated heterocycles. The molecule has 0 spiro atoms. The number of alkyl halides is 3. The largest absolute Gasteiger partial charge is 0.573 e. The third kappa shape index (κ3) is 6.16. The van der Waals surface area contributed by atoms with Gasteiger partial charge in [0.15, 0.2) is 0 Å². The summed E-state index contributed by atoms with van der Waals surface area (Å²) in [6, 6.07) is 11.4. The number of carbonyl (C=O) groups is 1. The van der Waals surface area contributed by atoms with Gasteiger partial charge in [0.25, 0.3) is 5.56 Å². The van der Waals surface area contributed by atoms with Crippen LogP contribution in [0.1, 0.15) is 12.8 Å². The highest BCUT2D eigenvalue weighted by molar-refractivity contribution is 5.90. The van der Waals surface area contributed by atoms with Crippen LogP contribution in [-0.2, 0) is 11.3 Å². The van der Waals surface area contributed by atoms with E-state index in [1.807, 2.05) is 6.07 Å². The number of halogens is 3. The molecule has 0 atom stereocenters. The number of rotatable bonds is 7. The Morgan fingerprint density at radius 2 is 1.87 bits per heavy atom. The zero-order valence-electron chi connectivity index (χ0n) is 15.6. The van der Waals surface area contributed by atoms with E-state index in [4.69, 9.17) is 0 Å². The Morgan fingerprint density at radius 1 is 1.10 bits per heavy atom. The summed E-state index contributed by atoms with van der Waals surface area (Å²) in [6.45, 7) is 0.235. The van der Waals surface area contributed by atoms with E-state index in [0.717, 1.165) is 17.7 Å². The van der Waals surface area contributed by atoms with E-state index in [9.17, 15) is 22.8 Å². The number of hydrogen-bond acceptors (Lipinski definition) is 5. The van der Waals surface area contributed by atoms with Gasteiger partial charge in [0.05, 0.1) is 5.69 Å². The summed E-state index contributed by atoms with van der Waals surface area (Å²) in [5.41, 5.74) is 1.40. The van der Waals surface area contributed by atoms with E-state index in [2.05, 4.69) is 20.1 Å². The number of ether oxygens (including phenoxy) is 1. The quantitative estimate of drug-likeness (QED) is 0.633. The second-order valence-electron chi connectivity index (χ2n) is 6.25. The van der Waals surface area contributed by atoms with Crippen molar-refractivity contribution in [2.24, 2.45) is 0 Å². The molecule has 1 amide bonds. The Balaban J connectivity index is 1.53. The van der Waals surface area contributed by atoms with Crippen LogP contribution in [-0.4, -0.2) is 27.0 Å². The maximum absolute atomic E-state index is 12.2. The summed E-state index contributed by atoms with van der Waals surface area (Å²) in [5, 5.41) is 6.87. The van der Waals surface area contributed by atoms with Crippen LogP contribution in [0.4, 0.5) is 18.9 Å². The Hall–Kier alpha value is -3.69. The van der Waals surface area contributed by atoms with Crippen LogP contribution in [0.15, 0.2) is 65.7 Å². The van der Waals surface area contributed by atoms with Crippen molar-refractivity contribution >= 4 is 11.6 Å². The molecule has 0 saturated carbocycles. The molecular weight excluding hydrogens is 401 g/mol. The lowest BCUT2D eigenvalue weighted by atomic mass is 10.2. The molecule has 0 aliphatic carbocycles. The molecular formula is C20H17F3N4O3. The number of anilines is 1. The van der Waals surface area contributed by atoms with Crippen molar-refractivity contribution in [2.75, 3.05) is 5.32 Å². The van der Waals surface area contributed by atoms with Crippen LogP contribution in [0.2, 0.25) is 0 Å². The van der Waals surface area contributed by atoms with Crippen LogP contribution in [0.3, 0.4) is 0 Å². The fourth-order valence-corrected chi connectivity index (χ4v) is 2.63. The highest BCUT2D eigenvalue weighted by atomic mass is 19.4. The van der Waals surface area contributed by atoms with Crippen molar-refractivity contribution in [1.82, 2.24) is 14.8 Å². The minimum Gasteiger partial charge on any atom is -0.406 e. The molecule has 1 aromatic carbocycles. The number of amides is 1. The minimum atomic E-state index is -4.77. The first-order chi connectivity index (χ1) is 14.3. The van der Waals surface area contributed by atoms with Gasteiger partial charge in [-0.05, 0) is 48.9 Å². The van der Waals surface area contributed by atoms with Crippen LogP contribution >= 0.6 is 0 Å². The molecule has 0 aliphatic rings. The van der Waals surface area contributed by atoms with Crippen LogP contribution in [0.5, 0.6) is 5.75 Å². The lowest BCUT2D eigenvalue weighted by Crippen LogP contribution is -2.23. The summed E-state index contributed by atoms with van der Waals surface area (Å²) in [7, 11) is 0. The smallest absolute Gasteiger partial charge is 0.406 e. The second-order valence-corrected chi connectivity index (χ2v) is 6.25. The molecule has 0 fully saturated rings. The molecule has 7 nitrogen and oxygen atoms in total. The minimum absolute atomic E-state index is 0.103. The number of carbonyl (C=O) groups excluding carboxylic acids is 1. The number of nitrogens with zero attached hydrogens (tertiary/aromatic N) is 3. The fraction of sp³-hybridized carbons (Fsp3) is 0.200. The van der Waals surface area contributed by atoms with Crippen LogP contribution in [0, 0.1) is 0 Å². The van der Waals surface area contributed by atoms with E-state index >= 15 is 0 Å². The molecule has 2 heterocycles. The summed E-state index contributed by atoms with van der Waals surface area (Å²) < 4.78 is 41.5. The van der Waals surface area contributed by atoms with Crippen molar-refractivity contribution in [2.45, 2.75) is 25.7 Å². The van der Waals surface area contributed by atoms with Gasteiger partial charge in [0.1, 0.15) is 5.75 Å². The summed E-state index contributed by atoms with van der Waals surface area (Å²) in [4.78, 5) is 28.1. The first-order valence-corrected chi connectivity index (χ1v) is 8.94. The SMILES string of the molecule is O=C(CCCn1nc(-c2cccnc2)ccc1=O)Nc1ccc(OC(F)(F)F)cc1. The number of hydrogen-bond donors (Lipinski definition) is 1. The molecule has 10 heteroatoms. The van der Waals surface area contributed by atoms with E-state index < -0.39 is 6.36 Å². The number of aryl methyl sites for hydroxylation is 1. The summed E-state index contributed by atoms with van der Waals surface area (Å²) in [5.74, 6) is -0.713. The second kappa shape index (κ2) is 9.21. The maximum Gasteiger partial charge on any atom is 0.573 e. The molecule has 0 unspecified atom stereocenters. The van der Waals surface area contributed by atoms with Crippen molar-refractivity contribution in [3.05, 3.63) is 71.3 Å². The van der Waals surface area contributed by atoms with E-state index in [-0.39, 0.29) is 30.2 Å². The summed E-state index contributed by atoms with van der Waals surface area (Å²) in [6.07, 6.45) is -1.05. The van der Waals surface area contributed by atoms with Gasteiger partial charge in [0, 0.05) is 42.7 Å². The third-order valence-corrected chi connectivity index (χ3v) is 3.97. The van der Waals surface area contributed by atoms with E-state index in [1.165, 1.54) is 22.9 Å². The van der Waals surface area contributed by atoms with Gasteiger partial charge in [-0.1, -0.05) is 0 Å². The van der Waals surface area contributed by atoms with Gasteiger partial charge in [-0.3, -0.25) is 14.6 Å². The highest BCUT2D eigenvalue weighted by Crippen LogP contribution is 2.24. The first-order valence-electron chi connectivity index (χ1n) is 8.94. The Labute approximate surface area is 169 Å². The molecule has 3 aromatic rings.